The summed E-state index contributed by atoms with van der Waals surface area (Å²) in [5.41, 5.74) is 2.03. The molecule has 0 aliphatic heterocycles. The minimum Gasteiger partial charge on any atom is -0.352 e. The number of nitrogens with one attached hydrogen (secondary N) is 2. The van der Waals surface area contributed by atoms with Crippen molar-refractivity contribution in [3.8, 4) is 0 Å². The first kappa shape index (κ1) is 17.9. The van der Waals surface area contributed by atoms with Crippen molar-refractivity contribution in [1.29, 1.82) is 0 Å². The van der Waals surface area contributed by atoms with E-state index in [-0.39, 0.29) is 29.7 Å². The third-order valence-electron chi connectivity index (χ3n) is 4.57. The minimum atomic E-state index is -0.288. The third kappa shape index (κ3) is 4.17. The van der Waals surface area contributed by atoms with Gasteiger partial charge in [0.25, 0.3) is 5.56 Å². The molecule has 2 N–H and O–H groups in total. The fraction of sp³-hybridized carbons (Fsp3) is 0.238. The van der Waals surface area contributed by atoms with Crippen LogP contribution in [0.15, 0.2) is 59.4 Å². The van der Waals surface area contributed by atoms with Gasteiger partial charge < -0.3 is 10.3 Å². The monoisotopic (exact) mass is 352 g/mol. The molecule has 0 saturated heterocycles. The van der Waals surface area contributed by atoms with Crippen molar-refractivity contribution < 1.29 is 9.18 Å². The number of amides is 1. The topological polar surface area (TPSA) is 62.0 Å². The molecule has 1 heterocycles. The lowest BCUT2D eigenvalue weighted by Gasteiger charge is -2.15. The molecule has 2 aromatic carbocycles. The molecular formula is C21H21FN2O2. The number of carbonyl (C=O) groups excluding carboxylic acids is 1. The number of rotatable bonds is 6. The normalized spacial score (nSPS) is 12.1. The lowest BCUT2D eigenvalue weighted by Crippen LogP contribution is -2.27. The molecule has 3 rings (SSSR count). The fourth-order valence-electron chi connectivity index (χ4n) is 3.05. The van der Waals surface area contributed by atoms with Crippen LogP contribution < -0.4 is 10.9 Å². The third-order valence-corrected chi connectivity index (χ3v) is 4.57. The van der Waals surface area contributed by atoms with Crippen molar-refractivity contribution in [2.24, 2.45) is 0 Å². The van der Waals surface area contributed by atoms with Crippen LogP contribution in [0.3, 0.4) is 0 Å². The van der Waals surface area contributed by atoms with E-state index in [1.165, 1.54) is 12.1 Å². The SMILES string of the molecule is CCC(CC(=O)NCc1cc2ccccc2[nH]c1=O)c1ccc(F)cc1. The maximum atomic E-state index is 13.1. The Morgan fingerprint density at radius 3 is 2.62 bits per heavy atom. The van der Waals surface area contributed by atoms with E-state index >= 15 is 0 Å². The van der Waals surface area contributed by atoms with E-state index in [1.807, 2.05) is 31.2 Å². The highest BCUT2D eigenvalue weighted by Crippen LogP contribution is 2.23. The number of benzene rings is 2. The summed E-state index contributed by atoms with van der Waals surface area (Å²) in [6.07, 6.45) is 1.07. The predicted octanol–water partition coefficient (Wildman–Crippen LogP) is 3.87. The maximum absolute atomic E-state index is 13.1. The number of aromatic nitrogens is 1. The van der Waals surface area contributed by atoms with Gasteiger partial charge in [0.15, 0.2) is 0 Å². The first-order valence-electron chi connectivity index (χ1n) is 8.70. The lowest BCUT2D eigenvalue weighted by atomic mass is 9.93. The first-order valence-corrected chi connectivity index (χ1v) is 8.70. The van der Waals surface area contributed by atoms with Gasteiger partial charge in [0.05, 0.1) is 0 Å². The summed E-state index contributed by atoms with van der Waals surface area (Å²) in [4.78, 5) is 27.3. The number of carbonyl (C=O) groups is 1. The van der Waals surface area contributed by atoms with Gasteiger partial charge in [0.1, 0.15) is 5.82 Å². The second-order valence-electron chi connectivity index (χ2n) is 6.35. The highest BCUT2D eigenvalue weighted by atomic mass is 19.1. The highest BCUT2D eigenvalue weighted by molar-refractivity contribution is 5.79. The summed E-state index contributed by atoms with van der Waals surface area (Å²) >= 11 is 0. The van der Waals surface area contributed by atoms with Gasteiger partial charge in [-0.1, -0.05) is 37.3 Å². The van der Waals surface area contributed by atoms with Crippen molar-refractivity contribution in [3.63, 3.8) is 0 Å². The van der Waals surface area contributed by atoms with E-state index in [1.54, 1.807) is 18.2 Å². The van der Waals surface area contributed by atoms with E-state index in [9.17, 15) is 14.0 Å². The Kier molecular flexibility index (Phi) is 5.46. The quantitative estimate of drug-likeness (QED) is 0.707. The number of para-hydroxylation sites is 1. The van der Waals surface area contributed by atoms with Gasteiger partial charge in [-0.05, 0) is 47.6 Å². The van der Waals surface area contributed by atoms with Crippen LogP contribution in [0.25, 0.3) is 10.9 Å². The van der Waals surface area contributed by atoms with Crippen LogP contribution in [0.1, 0.15) is 36.8 Å². The van der Waals surface area contributed by atoms with Gasteiger partial charge in [-0.15, -0.1) is 0 Å². The van der Waals surface area contributed by atoms with Gasteiger partial charge in [-0.25, -0.2) is 4.39 Å². The average molecular weight is 352 g/mol. The summed E-state index contributed by atoms with van der Waals surface area (Å²) < 4.78 is 13.1. The summed E-state index contributed by atoms with van der Waals surface area (Å²) in [6, 6.07) is 15.6. The van der Waals surface area contributed by atoms with Crippen LogP contribution in [-0.2, 0) is 11.3 Å². The van der Waals surface area contributed by atoms with Crippen molar-refractivity contribution >= 4 is 16.8 Å². The number of H-pyrrole nitrogens is 1. The average Bonchev–Trinajstić information content (AvgIpc) is 2.65. The second-order valence-corrected chi connectivity index (χ2v) is 6.35. The Bertz CT molecular complexity index is 964. The van der Waals surface area contributed by atoms with Crippen LogP contribution in [0, 0.1) is 5.82 Å². The zero-order valence-electron chi connectivity index (χ0n) is 14.6. The zero-order valence-corrected chi connectivity index (χ0v) is 14.6. The first-order chi connectivity index (χ1) is 12.6. The number of aromatic amines is 1. The number of pyridine rings is 1. The Morgan fingerprint density at radius 1 is 1.15 bits per heavy atom. The zero-order chi connectivity index (χ0) is 18.5. The smallest absolute Gasteiger partial charge is 0.253 e. The predicted molar refractivity (Wildman–Crippen MR) is 100 cm³/mol. The van der Waals surface area contributed by atoms with E-state index in [0.717, 1.165) is 22.9 Å². The summed E-state index contributed by atoms with van der Waals surface area (Å²) in [7, 11) is 0. The van der Waals surface area contributed by atoms with E-state index < -0.39 is 0 Å². The largest absolute Gasteiger partial charge is 0.352 e. The summed E-state index contributed by atoms with van der Waals surface area (Å²) in [5.74, 6) is -0.400. The highest BCUT2D eigenvalue weighted by Gasteiger charge is 2.15. The van der Waals surface area contributed by atoms with Crippen molar-refractivity contribution in [1.82, 2.24) is 10.3 Å². The molecule has 26 heavy (non-hydrogen) atoms. The molecule has 0 fully saturated rings. The second kappa shape index (κ2) is 7.95. The molecule has 134 valence electrons. The summed E-state index contributed by atoms with van der Waals surface area (Å²) in [5, 5.41) is 3.74. The maximum Gasteiger partial charge on any atom is 0.253 e. The fourth-order valence-corrected chi connectivity index (χ4v) is 3.05. The van der Waals surface area contributed by atoms with Crippen LogP contribution >= 0.6 is 0 Å². The molecule has 0 spiro atoms. The van der Waals surface area contributed by atoms with Gasteiger partial charge in [0.2, 0.25) is 5.91 Å². The van der Waals surface area contributed by atoms with Crippen molar-refractivity contribution in [2.75, 3.05) is 0 Å². The van der Waals surface area contributed by atoms with Crippen LogP contribution in [-0.4, -0.2) is 10.9 Å². The Morgan fingerprint density at radius 2 is 1.88 bits per heavy atom. The lowest BCUT2D eigenvalue weighted by molar-refractivity contribution is -0.121. The molecule has 0 bridgehead atoms. The summed E-state index contributed by atoms with van der Waals surface area (Å²) in [6.45, 7) is 2.17. The Hall–Kier alpha value is -2.95. The molecule has 1 amide bonds. The molecule has 1 atom stereocenters. The Labute approximate surface area is 151 Å². The molecular weight excluding hydrogens is 331 g/mol. The van der Waals surface area contributed by atoms with Gasteiger partial charge in [-0.2, -0.15) is 0 Å². The molecule has 3 aromatic rings. The molecule has 1 aromatic heterocycles. The molecule has 0 radical (unpaired) electrons. The van der Waals surface area contributed by atoms with E-state index in [4.69, 9.17) is 0 Å². The van der Waals surface area contributed by atoms with Gasteiger partial charge in [-0.3, -0.25) is 9.59 Å². The van der Waals surface area contributed by atoms with Crippen molar-refractivity contribution in [3.05, 3.63) is 81.9 Å². The van der Waals surface area contributed by atoms with Crippen molar-refractivity contribution in [2.45, 2.75) is 32.2 Å². The van der Waals surface area contributed by atoms with Crippen LogP contribution in [0.4, 0.5) is 4.39 Å². The van der Waals surface area contributed by atoms with Gasteiger partial charge >= 0.3 is 0 Å². The molecule has 0 saturated carbocycles. The number of fused-ring (bicyclic) bond motifs is 1. The van der Waals surface area contributed by atoms with Crippen LogP contribution in [0.2, 0.25) is 0 Å². The Balaban J connectivity index is 1.65. The number of hydrogen-bond acceptors (Lipinski definition) is 2. The number of hydrogen-bond donors (Lipinski definition) is 2. The standard InChI is InChI=1S/C21H21FN2O2/c1-2-14(15-7-9-18(22)10-8-15)12-20(25)23-13-17-11-16-5-3-4-6-19(16)24-21(17)26/h3-11,14H,2,12-13H2,1H3,(H,23,25)(H,24,26). The molecule has 0 aliphatic carbocycles. The molecule has 5 heteroatoms. The molecule has 4 nitrogen and oxygen atoms in total. The van der Waals surface area contributed by atoms with E-state index in [2.05, 4.69) is 10.3 Å². The van der Waals surface area contributed by atoms with E-state index in [0.29, 0.717) is 12.0 Å². The van der Waals surface area contributed by atoms with Gasteiger partial charge in [0, 0.05) is 24.0 Å². The molecule has 1 unspecified atom stereocenters. The molecule has 0 aliphatic rings. The number of halogens is 1. The minimum absolute atomic E-state index is 0.0190. The van der Waals surface area contributed by atoms with Crippen LogP contribution in [0.5, 0.6) is 0 Å².